The molecule has 0 aliphatic rings. The highest BCUT2D eigenvalue weighted by Crippen LogP contribution is 2.26. The van der Waals surface area contributed by atoms with E-state index in [1.165, 1.54) is 11.3 Å². The van der Waals surface area contributed by atoms with Crippen LogP contribution in [0.1, 0.15) is 0 Å². The van der Waals surface area contributed by atoms with Crippen molar-refractivity contribution in [2.24, 2.45) is 0 Å². The molecule has 0 radical (unpaired) electrons. The Labute approximate surface area is 88.2 Å². The first-order valence-corrected chi connectivity index (χ1v) is 5.08. The number of fused-ring (bicyclic) bond motifs is 1. The summed E-state index contributed by atoms with van der Waals surface area (Å²) in [4.78, 5) is 20.2. The molecule has 0 aliphatic heterocycles. The second kappa shape index (κ2) is 2.99. The summed E-state index contributed by atoms with van der Waals surface area (Å²) in [6.07, 6.45) is 3.31. The third kappa shape index (κ3) is 1.24. The molecule has 0 saturated heterocycles. The number of hydrogen-bond donors (Lipinski definition) is 2. The summed E-state index contributed by atoms with van der Waals surface area (Å²) in [5, 5.41) is 0. The maximum Gasteiger partial charge on any atom is 0.222 e. The lowest BCUT2D eigenvalue weighted by Gasteiger charge is -1.98. The smallest absolute Gasteiger partial charge is 0.222 e. The Morgan fingerprint density at radius 1 is 1.33 bits per heavy atom. The number of H-pyrrole nitrogens is 1. The number of nitrogens with zero attached hydrogens (tertiary/aromatic N) is 4. The molecule has 3 aromatic heterocycles. The van der Waals surface area contributed by atoms with Gasteiger partial charge in [0.05, 0.1) is 16.7 Å². The molecule has 0 bridgehead atoms. The minimum Gasteiger partial charge on any atom is -0.368 e. The molecule has 0 amide bonds. The van der Waals surface area contributed by atoms with E-state index in [4.69, 9.17) is 5.73 Å². The largest absolute Gasteiger partial charge is 0.368 e. The van der Waals surface area contributed by atoms with Crippen molar-refractivity contribution in [3.05, 3.63) is 18.0 Å². The predicted octanol–water partition coefficient (Wildman–Crippen LogP) is 1.06. The van der Waals surface area contributed by atoms with Crippen LogP contribution in [0.2, 0.25) is 0 Å². The Balaban J connectivity index is 2.38. The molecule has 0 aliphatic carbocycles. The topological polar surface area (TPSA) is 93.4 Å². The highest BCUT2D eigenvalue weighted by Gasteiger charge is 2.11. The van der Waals surface area contributed by atoms with Gasteiger partial charge in [0, 0.05) is 6.20 Å². The van der Waals surface area contributed by atoms with E-state index in [9.17, 15) is 0 Å². The number of nitrogens with one attached hydrogen (secondary N) is 1. The predicted molar refractivity (Wildman–Crippen MR) is 57.2 cm³/mol. The van der Waals surface area contributed by atoms with Crippen LogP contribution in [0, 0.1) is 0 Å². The van der Waals surface area contributed by atoms with E-state index in [2.05, 4.69) is 24.9 Å². The zero-order valence-corrected chi connectivity index (χ0v) is 8.32. The van der Waals surface area contributed by atoms with Gasteiger partial charge in [-0.1, -0.05) is 0 Å². The molecule has 3 aromatic rings. The number of hydrogen-bond acceptors (Lipinski definition) is 6. The highest BCUT2D eigenvalue weighted by molar-refractivity contribution is 7.13. The maximum atomic E-state index is 5.60. The SMILES string of the molecule is Nc1nc(-c2cncs2)c2nc[nH]c2n1. The summed E-state index contributed by atoms with van der Waals surface area (Å²) in [7, 11) is 0. The second-order valence-electron chi connectivity index (χ2n) is 2.90. The zero-order valence-electron chi connectivity index (χ0n) is 7.51. The van der Waals surface area contributed by atoms with E-state index in [1.54, 1.807) is 18.0 Å². The summed E-state index contributed by atoms with van der Waals surface area (Å²) in [5.41, 5.74) is 9.43. The van der Waals surface area contributed by atoms with Crippen molar-refractivity contribution in [3.63, 3.8) is 0 Å². The van der Waals surface area contributed by atoms with Gasteiger partial charge >= 0.3 is 0 Å². The van der Waals surface area contributed by atoms with Crippen molar-refractivity contribution in [3.8, 4) is 10.6 Å². The Bertz CT molecular complexity index is 599. The Morgan fingerprint density at radius 3 is 3.07 bits per heavy atom. The normalized spacial score (nSPS) is 10.9. The number of anilines is 1. The Morgan fingerprint density at radius 2 is 2.27 bits per heavy atom. The van der Waals surface area contributed by atoms with Crippen LogP contribution in [0.5, 0.6) is 0 Å². The number of aromatic amines is 1. The number of rotatable bonds is 1. The van der Waals surface area contributed by atoms with E-state index < -0.39 is 0 Å². The maximum absolute atomic E-state index is 5.60. The minimum absolute atomic E-state index is 0.232. The number of imidazole rings is 1. The van der Waals surface area contributed by atoms with Gasteiger partial charge in [-0.25, -0.2) is 9.97 Å². The van der Waals surface area contributed by atoms with Crippen LogP contribution >= 0.6 is 11.3 Å². The molecule has 3 N–H and O–H groups in total. The molecule has 0 saturated carbocycles. The second-order valence-corrected chi connectivity index (χ2v) is 3.78. The standard InChI is InChI=1S/C8H6N6S/c9-8-13-5(4-1-10-3-15-4)6-7(14-8)12-2-11-6/h1-3H,(H3,9,11,12,13,14). The van der Waals surface area contributed by atoms with Gasteiger partial charge in [0.1, 0.15) is 11.2 Å². The lowest BCUT2D eigenvalue weighted by Crippen LogP contribution is -1.97. The van der Waals surface area contributed by atoms with Gasteiger partial charge in [-0.15, -0.1) is 11.3 Å². The fraction of sp³-hybridized carbons (Fsp3) is 0. The Hall–Kier alpha value is -2.02. The summed E-state index contributed by atoms with van der Waals surface area (Å²) in [5.74, 6) is 0.232. The lowest BCUT2D eigenvalue weighted by atomic mass is 10.3. The zero-order chi connectivity index (χ0) is 10.3. The van der Waals surface area contributed by atoms with Gasteiger partial charge in [0.15, 0.2) is 5.65 Å². The van der Waals surface area contributed by atoms with Crippen LogP contribution in [-0.4, -0.2) is 24.9 Å². The summed E-state index contributed by atoms with van der Waals surface area (Å²) >= 11 is 1.49. The van der Waals surface area contributed by atoms with Crippen molar-refractivity contribution in [2.75, 3.05) is 5.73 Å². The van der Waals surface area contributed by atoms with Crippen LogP contribution in [0.3, 0.4) is 0 Å². The number of aromatic nitrogens is 5. The van der Waals surface area contributed by atoms with Crippen molar-refractivity contribution >= 4 is 28.4 Å². The molecule has 0 aromatic carbocycles. The van der Waals surface area contributed by atoms with Gasteiger partial charge in [-0.2, -0.15) is 4.98 Å². The van der Waals surface area contributed by atoms with Crippen LogP contribution in [-0.2, 0) is 0 Å². The van der Waals surface area contributed by atoms with Gasteiger partial charge < -0.3 is 10.7 Å². The van der Waals surface area contributed by atoms with Gasteiger partial charge in [0.25, 0.3) is 0 Å². The summed E-state index contributed by atoms with van der Waals surface area (Å²) in [6.45, 7) is 0. The van der Waals surface area contributed by atoms with E-state index in [1.807, 2.05) is 0 Å². The molecular weight excluding hydrogens is 212 g/mol. The van der Waals surface area contributed by atoms with Crippen LogP contribution in [0.4, 0.5) is 5.95 Å². The average Bonchev–Trinajstić information content (AvgIpc) is 2.86. The molecule has 6 nitrogen and oxygen atoms in total. The third-order valence-corrected chi connectivity index (χ3v) is 2.74. The molecule has 3 heterocycles. The first-order chi connectivity index (χ1) is 7.34. The van der Waals surface area contributed by atoms with E-state index in [-0.39, 0.29) is 5.95 Å². The number of thiazole rings is 1. The van der Waals surface area contributed by atoms with Crippen molar-refractivity contribution in [1.82, 2.24) is 24.9 Å². The molecule has 7 heteroatoms. The minimum atomic E-state index is 0.232. The van der Waals surface area contributed by atoms with Crippen molar-refractivity contribution in [1.29, 1.82) is 0 Å². The van der Waals surface area contributed by atoms with Gasteiger partial charge in [-0.05, 0) is 0 Å². The van der Waals surface area contributed by atoms with E-state index in [0.717, 1.165) is 10.6 Å². The summed E-state index contributed by atoms with van der Waals surface area (Å²) < 4.78 is 0. The molecule has 0 atom stereocenters. The van der Waals surface area contributed by atoms with Crippen molar-refractivity contribution < 1.29 is 0 Å². The highest BCUT2D eigenvalue weighted by atomic mass is 32.1. The lowest BCUT2D eigenvalue weighted by molar-refractivity contribution is 1.22. The molecule has 0 spiro atoms. The Kier molecular flexibility index (Phi) is 1.65. The average molecular weight is 218 g/mol. The quantitative estimate of drug-likeness (QED) is 0.637. The molecule has 0 unspecified atom stereocenters. The number of nitrogens with two attached hydrogens (primary N) is 1. The molecule has 74 valence electrons. The number of nitrogen functional groups attached to an aromatic ring is 1. The fourth-order valence-electron chi connectivity index (χ4n) is 1.36. The van der Waals surface area contributed by atoms with Crippen molar-refractivity contribution in [2.45, 2.75) is 0 Å². The van der Waals surface area contributed by atoms with Gasteiger partial charge in [0.2, 0.25) is 5.95 Å². The first kappa shape index (κ1) is 8.30. The van der Waals surface area contributed by atoms with Crippen LogP contribution in [0.25, 0.3) is 21.7 Å². The monoisotopic (exact) mass is 218 g/mol. The first-order valence-electron chi connectivity index (χ1n) is 4.20. The van der Waals surface area contributed by atoms with Crippen LogP contribution in [0.15, 0.2) is 18.0 Å². The summed E-state index contributed by atoms with van der Waals surface area (Å²) in [6, 6.07) is 0. The molecule has 15 heavy (non-hydrogen) atoms. The fourth-order valence-corrected chi connectivity index (χ4v) is 1.97. The molecule has 0 fully saturated rings. The van der Waals surface area contributed by atoms with E-state index in [0.29, 0.717) is 11.2 Å². The van der Waals surface area contributed by atoms with E-state index >= 15 is 0 Å². The third-order valence-electron chi connectivity index (χ3n) is 1.96. The molecular formula is C8H6N6S. The van der Waals surface area contributed by atoms with Crippen LogP contribution < -0.4 is 5.73 Å². The van der Waals surface area contributed by atoms with Gasteiger partial charge in [-0.3, -0.25) is 4.98 Å². The molecule has 3 rings (SSSR count).